The van der Waals surface area contributed by atoms with Gasteiger partial charge in [-0.15, -0.1) is 0 Å². The average molecular weight is 347 g/mol. The first-order valence-electron chi connectivity index (χ1n) is 8.72. The number of nitrogens with one attached hydrogen (secondary N) is 1. The molecule has 2 atom stereocenters. The molecule has 1 N–H and O–H groups in total. The van der Waals surface area contributed by atoms with Crippen LogP contribution < -0.4 is 10.1 Å². The highest BCUT2D eigenvalue weighted by Crippen LogP contribution is 2.40. The summed E-state index contributed by atoms with van der Waals surface area (Å²) in [6.07, 6.45) is 4.04. The number of carbonyl (C=O) groups is 1. The minimum Gasteiger partial charge on any atom is -0.497 e. The Morgan fingerprint density at radius 2 is 2.12 bits per heavy atom. The van der Waals surface area contributed by atoms with Crippen LogP contribution in [-0.4, -0.2) is 22.6 Å². The molecule has 5 heteroatoms. The molecule has 0 bridgehead atoms. The molecule has 4 rings (SSSR count). The van der Waals surface area contributed by atoms with E-state index in [1.165, 1.54) is 5.56 Å². The number of methoxy groups -OCH3 is 1. The van der Waals surface area contributed by atoms with Crippen molar-refractivity contribution in [2.45, 2.75) is 25.4 Å². The first kappa shape index (κ1) is 16.4. The molecule has 0 spiro atoms. The van der Waals surface area contributed by atoms with Gasteiger partial charge in [-0.1, -0.05) is 36.4 Å². The summed E-state index contributed by atoms with van der Waals surface area (Å²) >= 11 is 0. The van der Waals surface area contributed by atoms with Crippen molar-refractivity contribution in [2.75, 3.05) is 7.11 Å². The van der Waals surface area contributed by atoms with Gasteiger partial charge in [-0.2, -0.15) is 0 Å². The molecular formula is C21H21N3O2. The molecule has 26 heavy (non-hydrogen) atoms. The second-order valence-electron chi connectivity index (χ2n) is 6.56. The van der Waals surface area contributed by atoms with Crippen LogP contribution in [-0.2, 0) is 4.79 Å². The first-order chi connectivity index (χ1) is 12.7. The van der Waals surface area contributed by atoms with Gasteiger partial charge in [0.2, 0.25) is 5.91 Å². The van der Waals surface area contributed by atoms with Crippen LogP contribution in [0.1, 0.15) is 36.6 Å². The fourth-order valence-corrected chi connectivity index (χ4v) is 3.61. The van der Waals surface area contributed by atoms with Crippen molar-refractivity contribution >= 4 is 5.91 Å². The van der Waals surface area contributed by atoms with Gasteiger partial charge in [-0.3, -0.25) is 4.79 Å². The number of aromatic nitrogens is 2. The van der Waals surface area contributed by atoms with Crippen LogP contribution in [0.25, 0.3) is 11.3 Å². The van der Waals surface area contributed by atoms with E-state index in [4.69, 9.17) is 4.74 Å². The van der Waals surface area contributed by atoms with Crippen molar-refractivity contribution in [3.63, 3.8) is 0 Å². The Hall–Kier alpha value is -3.08. The predicted molar refractivity (Wildman–Crippen MR) is 100.0 cm³/mol. The summed E-state index contributed by atoms with van der Waals surface area (Å²) in [6, 6.07) is 15.9. The average Bonchev–Trinajstić information content (AvgIpc) is 3.25. The van der Waals surface area contributed by atoms with Crippen molar-refractivity contribution in [2.24, 2.45) is 0 Å². The van der Waals surface area contributed by atoms with Gasteiger partial charge in [0.25, 0.3) is 0 Å². The zero-order chi connectivity index (χ0) is 18.1. The number of hydrogen-bond donors (Lipinski definition) is 1. The summed E-state index contributed by atoms with van der Waals surface area (Å²) < 4.78 is 7.35. The summed E-state index contributed by atoms with van der Waals surface area (Å²) in [4.78, 5) is 16.9. The van der Waals surface area contributed by atoms with E-state index in [9.17, 15) is 4.79 Å². The van der Waals surface area contributed by atoms with E-state index in [2.05, 4.69) is 27.0 Å². The SMILES string of the molecule is COc1cccc(C(C)NC(=O)CC2c3ccccc3-c3cncn32)c1. The normalized spacial score (nSPS) is 15.8. The Bertz CT molecular complexity index is 948. The Morgan fingerprint density at radius 1 is 1.27 bits per heavy atom. The first-order valence-corrected chi connectivity index (χ1v) is 8.72. The highest BCUT2D eigenvalue weighted by Gasteiger charge is 2.29. The van der Waals surface area contributed by atoms with Gasteiger partial charge in [0.15, 0.2) is 0 Å². The maximum Gasteiger partial charge on any atom is 0.222 e. The number of fused-ring (bicyclic) bond motifs is 3. The smallest absolute Gasteiger partial charge is 0.222 e. The fourth-order valence-electron chi connectivity index (χ4n) is 3.61. The van der Waals surface area contributed by atoms with E-state index in [0.29, 0.717) is 6.42 Å². The molecule has 2 aromatic carbocycles. The number of nitrogens with zero attached hydrogens (tertiary/aromatic N) is 2. The highest BCUT2D eigenvalue weighted by atomic mass is 16.5. The number of benzene rings is 2. The van der Waals surface area contributed by atoms with E-state index in [-0.39, 0.29) is 18.0 Å². The summed E-state index contributed by atoms with van der Waals surface area (Å²) in [5.41, 5.74) is 4.42. The minimum atomic E-state index is -0.0866. The second-order valence-corrected chi connectivity index (χ2v) is 6.56. The molecule has 0 saturated heterocycles. The Kier molecular flexibility index (Phi) is 4.21. The number of rotatable bonds is 5. The Morgan fingerprint density at radius 3 is 2.96 bits per heavy atom. The predicted octanol–water partition coefficient (Wildman–Crippen LogP) is 3.73. The van der Waals surface area contributed by atoms with E-state index < -0.39 is 0 Å². The van der Waals surface area contributed by atoms with Crippen LogP contribution in [0, 0.1) is 0 Å². The molecule has 0 fully saturated rings. The summed E-state index contributed by atoms with van der Waals surface area (Å²) in [7, 11) is 1.64. The van der Waals surface area contributed by atoms with Gasteiger partial charge < -0.3 is 14.6 Å². The Labute approximate surface area is 152 Å². The number of imidazole rings is 1. The molecule has 1 amide bonds. The standard InChI is InChI=1S/C21H21N3O2/c1-14(15-6-5-7-16(10-15)26-2)23-21(25)11-19-17-8-3-4-9-18(17)20-12-22-13-24(19)20/h3-10,12-14,19H,11H2,1-2H3,(H,23,25). The zero-order valence-corrected chi connectivity index (χ0v) is 14.8. The van der Waals surface area contributed by atoms with Gasteiger partial charge in [0.1, 0.15) is 5.75 Å². The summed E-state index contributed by atoms with van der Waals surface area (Å²) in [5.74, 6) is 0.804. The van der Waals surface area contributed by atoms with Crippen LogP contribution in [0.3, 0.4) is 0 Å². The maximum atomic E-state index is 12.7. The lowest BCUT2D eigenvalue weighted by molar-refractivity contribution is -0.122. The van der Waals surface area contributed by atoms with Crippen LogP contribution >= 0.6 is 0 Å². The van der Waals surface area contributed by atoms with Crippen LogP contribution in [0.15, 0.2) is 61.1 Å². The highest BCUT2D eigenvalue weighted by molar-refractivity contribution is 5.79. The fraction of sp³-hybridized carbons (Fsp3) is 0.238. The monoisotopic (exact) mass is 347 g/mol. The lowest BCUT2D eigenvalue weighted by Crippen LogP contribution is -2.28. The third kappa shape index (κ3) is 2.86. The molecule has 3 aromatic rings. The number of hydrogen-bond acceptors (Lipinski definition) is 3. The molecule has 2 heterocycles. The molecule has 0 saturated carbocycles. The molecule has 1 aromatic heterocycles. The topological polar surface area (TPSA) is 56.1 Å². The molecule has 2 unspecified atom stereocenters. The van der Waals surface area contributed by atoms with E-state index in [1.54, 1.807) is 13.4 Å². The molecule has 0 radical (unpaired) electrons. The van der Waals surface area contributed by atoms with E-state index >= 15 is 0 Å². The number of amides is 1. The van der Waals surface area contributed by atoms with Crippen molar-refractivity contribution in [3.05, 3.63) is 72.2 Å². The van der Waals surface area contributed by atoms with Crippen molar-refractivity contribution in [1.29, 1.82) is 0 Å². The van der Waals surface area contributed by atoms with E-state index in [1.807, 2.05) is 49.5 Å². The van der Waals surface area contributed by atoms with E-state index in [0.717, 1.165) is 22.6 Å². The van der Waals surface area contributed by atoms with Gasteiger partial charge in [0, 0.05) is 5.56 Å². The molecule has 1 aliphatic rings. The minimum absolute atomic E-state index is 0.0128. The number of ether oxygens (including phenoxy) is 1. The van der Waals surface area contributed by atoms with Crippen molar-refractivity contribution < 1.29 is 9.53 Å². The molecule has 0 aliphatic carbocycles. The lowest BCUT2D eigenvalue weighted by Gasteiger charge is -2.18. The molecule has 1 aliphatic heterocycles. The number of carbonyl (C=O) groups excluding carboxylic acids is 1. The second kappa shape index (κ2) is 6.67. The molecular weight excluding hydrogens is 326 g/mol. The quantitative estimate of drug-likeness (QED) is 0.765. The van der Waals surface area contributed by atoms with Crippen LogP contribution in [0.4, 0.5) is 0 Å². The third-order valence-corrected chi connectivity index (χ3v) is 4.95. The summed E-state index contributed by atoms with van der Waals surface area (Å²) in [6.45, 7) is 1.98. The van der Waals surface area contributed by atoms with Gasteiger partial charge in [-0.25, -0.2) is 4.98 Å². The van der Waals surface area contributed by atoms with Crippen LogP contribution in [0.2, 0.25) is 0 Å². The maximum absolute atomic E-state index is 12.7. The molecule has 132 valence electrons. The Balaban J connectivity index is 1.50. The van der Waals surface area contributed by atoms with Gasteiger partial charge >= 0.3 is 0 Å². The van der Waals surface area contributed by atoms with Gasteiger partial charge in [-0.05, 0) is 30.2 Å². The lowest BCUT2D eigenvalue weighted by atomic mass is 10.0. The zero-order valence-electron chi connectivity index (χ0n) is 14.8. The van der Waals surface area contributed by atoms with Gasteiger partial charge in [0.05, 0.1) is 43.8 Å². The molecule has 5 nitrogen and oxygen atoms in total. The van der Waals surface area contributed by atoms with Crippen molar-refractivity contribution in [3.8, 4) is 17.0 Å². The van der Waals surface area contributed by atoms with Crippen molar-refractivity contribution in [1.82, 2.24) is 14.9 Å². The summed E-state index contributed by atoms with van der Waals surface area (Å²) in [5, 5.41) is 3.10. The largest absolute Gasteiger partial charge is 0.497 e. The van der Waals surface area contributed by atoms with Crippen LogP contribution in [0.5, 0.6) is 5.75 Å². The third-order valence-electron chi connectivity index (χ3n) is 4.95.